The third kappa shape index (κ3) is 5.01. The van der Waals surface area contributed by atoms with E-state index in [1.165, 1.54) is 51.7 Å². The van der Waals surface area contributed by atoms with Crippen molar-refractivity contribution in [3.05, 3.63) is 0 Å². The molecule has 0 radical (unpaired) electrons. The Hall–Kier alpha value is -0.120. The Morgan fingerprint density at radius 3 is 2.55 bits per heavy atom. The minimum absolute atomic E-state index is 0.0490. The highest BCUT2D eigenvalue weighted by Crippen LogP contribution is 2.26. The fourth-order valence-electron chi connectivity index (χ4n) is 3.38. The molecule has 2 rings (SSSR count). The van der Waals surface area contributed by atoms with E-state index in [1.54, 1.807) is 0 Å². The van der Waals surface area contributed by atoms with Crippen molar-refractivity contribution < 1.29 is 5.11 Å². The summed E-state index contributed by atoms with van der Waals surface area (Å²) < 4.78 is 0. The molecule has 2 N–H and O–H groups in total. The van der Waals surface area contributed by atoms with Crippen LogP contribution in [0.1, 0.15) is 59.3 Å². The highest BCUT2D eigenvalue weighted by Gasteiger charge is 2.31. The minimum Gasteiger partial charge on any atom is -0.394 e. The maximum Gasteiger partial charge on any atom is 0.0610 e. The van der Waals surface area contributed by atoms with E-state index in [2.05, 4.69) is 31.0 Å². The number of likely N-dealkylation sites (tertiary alicyclic amines) is 1. The lowest BCUT2D eigenvalue weighted by Crippen LogP contribution is -2.46. The first-order valence-corrected chi connectivity index (χ1v) is 8.63. The van der Waals surface area contributed by atoms with E-state index >= 15 is 0 Å². The second-order valence-electron chi connectivity index (χ2n) is 7.69. The first-order chi connectivity index (χ1) is 9.52. The number of unbranched alkanes of at least 4 members (excludes halogenated alkanes) is 1. The monoisotopic (exact) mass is 282 g/mol. The largest absolute Gasteiger partial charge is 0.394 e. The standard InChI is InChI=1S/C17H34N2O/c1-14(2)15-8-11-19(12-15)10-5-4-9-17(3,13-20)18-16-6-7-16/h14-16,18,20H,4-13H2,1-3H3. The van der Waals surface area contributed by atoms with E-state index in [0.29, 0.717) is 6.04 Å². The number of hydrogen-bond acceptors (Lipinski definition) is 3. The summed E-state index contributed by atoms with van der Waals surface area (Å²) in [5.41, 5.74) is -0.0490. The van der Waals surface area contributed by atoms with Gasteiger partial charge in [-0.1, -0.05) is 20.3 Å². The molecule has 0 bridgehead atoms. The van der Waals surface area contributed by atoms with E-state index < -0.39 is 0 Å². The summed E-state index contributed by atoms with van der Waals surface area (Å²) >= 11 is 0. The van der Waals surface area contributed by atoms with Crippen molar-refractivity contribution >= 4 is 0 Å². The number of nitrogens with zero attached hydrogens (tertiary/aromatic N) is 1. The van der Waals surface area contributed by atoms with E-state index in [0.717, 1.165) is 18.3 Å². The summed E-state index contributed by atoms with van der Waals surface area (Å²) in [5, 5.41) is 13.2. The maximum atomic E-state index is 9.60. The lowest BCUT2D eigenvalue weighted by molar-refractivity contribution is 0.159. The molecule has 2 fully saturated rings. The first-order valence-electron chi connectivity index (χ1n) is 8.63. The van der Waals surface area contributed by atoms with Gasteiger partial charge in [0.05, 0.1) is 6.61 Å². The van der Waals surface area contributed by atoms with Crippen LogP contribution in [-0.2, 0) is 0 Å². The smallest absolute Gasteiger partial charge is 0.0610 e. The topological polar surface area (TPSA) is 35.5 Å². The van der Waals surface area contributed by atoms with Crippen LogP contribution in [0.4, 0.5) is 0 Å². The van der Waals surface area contributed by atoms with E-state index in [4.69, 9.17) is 0 Å². The lowest BCUT2D eigenvalue weighted by Gasteiger charge is -2.29. The van der Waals surface area contributed by atoms with Crippen molar-refractivity contribution in [3.8, 4) is 0 Å². The Bertz CT molecular complexity index is 291. The zero-order chi connectivity index (χ0) is 14.6. The van der Waals surface area contributed by atoms with Crippen molar-refractivity contribution in [2.24, 2.45) is 11.8 Å². The SMILES string of the molecule is CC(C)C1CCN(CCCCC(C)(CO)NC2CC2)C1. The summed E-state index contributed by atoms with van der Waals surface area (Å²) in [6.07, 6.45) is 7.56. The van der Waals surface area contributed by atoms with Gasteiger partial charge in [-0.25, -0.2) is 0 Å². The molecular weight excluding hydrogens is 248 g/mol. The van der Waals surface area contributed by atoms with Gasteiger partial charge in [-0.15, -0.1) is 0 Å². The summed E-state index contributed by atoms with van der Waals surface area (Å²) in [7, 11) is 0. The molecule has 0 spiro atoms. The second-order valence-corrected chi connectivity index (χ2v) is 7.69. The predicted molar refractivity (Wildman–Crippen MR) is 84.9 cm³/mol. The highest BCUT2D eigenvalue weighted by atomic mass is 16.3. The fraction of sp³-hybridized carbons (Fsp3) is 1.00. The van der Waals surface area contributed by atoms with E-state index in [9.17, 15) is 5.11 Å². The van der Waals surface area contributed by atoms with Crippen LogP contribution in [0.5, 0.6) is 0 Å². The Labute approximate surface area is 125 Å². The normalized spacial score (nSPS) is 27.1. The average molecular weight is 282 g/mol. The zero-order valence-electron chi connectivity index (χ0n) is 13.7. The minimum atomic E-state index is -0.0490. The van der Waals surface area contributed by atoms with Crippen LogP contribution in [0, 0.1) is 11.8 Å². The molecule has 20 heavy (non-hydrogen) atoms. The van der Waals surface area contributed by atoms with Crippen LogP contribution in [0.2, 0.25) is 0 Å². The Kier molecular flexibility index (Phi) is 5.88. The van der Waals surface area contributed by atoms with Gasteiger partial charge >= 0.3 is 0 Å². The molecule has 3 heteroatoms. The van der Waals surface area contributed by atoms with Crippen LogP contribution in [0.25, 0.3) is 0 Å². The van der Waals surface area contributed by atoms with Crippen LogP contribution in [0.15, 0.2) is 0 Å². The summed E-state index contributed by atoms with van der Waals surface area (Å²) in [4.78, 5) is 2.63. The van der Waals surface area contributed by atoms with Crippen molar-refractivity contribution in [1.82, 2.24) is 10.2 Å². The molecule has 2 unspecified atom stereocenters. The van der Waals surface area contributed by atoms with Gasteiger partial charge in [0.1, 0.15) is 0 Å². The first kappa shape index (κ1) is 16.3. The third-order valence-corrected chi connectivity index (χ3v) is 5.18. The fourth-order valence-corrected chi connectivity index (χ4v) is 3.38. The van der Waals surface area contributed by atoms with Crippen molar-refractivity contribution in [1.29, 1.82) is 0 Å². The van der Waals surface area contributed by atoms with Crippen LogP contribution >= 0.6 is 0 Å². The average Bonchev–Trinajstić information content (AvgIpc) is 3.08. The van der Waals surface area contributed by atoms with Gasteiger partial charge in [0, 0.05) is 18.1 Å². The van der Waals surface area contributed by atoms with Gasteiger partial charge < -0.3 is 15.3 Å². The predicted octanol–water partition coefficient (Wildman–Crippen LogP) is 2.64. The van der Waals surface area contributed by atoms with Gasteiger partial charge in [0.25, 0.3) is 0 Å². The number of aliphatic hydroxyl groups excluding tert-OH is 1. The number of aliphatic hydroxyl groups is 1. The number of rotatable bonds is 9. The molecule has 3 nitrogen and oxygen atoms in total. The van der Waals surface area contributed by atoms with Gasteiger partial charge in [-0.3, -0.25) is 0 Å². The second kappa shape index (κ2) is 7.24. The Morgan fingerprint density at radius 2 is 2.00 bits per heavy atom. The molecular formula is C17H34N2O. The van der Waals surface area contributed by atoms with E-state index in [-0.39, 0.29) is 12.1 Å². The van der Waals surface area contributed by atoms with Crippen LogP contribution in [-0.4, -0.2) is 47.8 Å². The molecule has 0 aromatic carbocycles. The Balaban J connectivity index is 1.58. The number of nitrogens with one attached hydrogen (secondary N) is 1. The highest BCUT2D eigenvalue weighted by molar-refractivity contribution is 4.92. The van der Waals surface area contributed by atoms with Gasteiger partial charge in [-0.05, 0) is 64.0 Å². The maximum absolute atomic E-state index is 9.60. The molecule has 118 valence electrons. The van der Waals surface area contributed by atoms with Crippen molar-refractivity contribution in [3.63, 3.8) is 0 Å². The number of hydrogen-bond donors (Lipinski definition) is 2. The molecule has 1 aliphatic carbocycles. The lowest BCUT2D eigenvalue weighted by atomic mass is 9.95. The molecule has 0 amide bonds. The molecule has 2 atom stereocenters. The summed E-state index contributed by atoms with van der Waals surface area (Å²) in [6, 6.07) is 0.678. The van der Waals surface area contributed by atoms with Gasteiger partial charge in [0.2, 0.25) is 0 Å². The summed E-state index contributed by atoms with van der Waals surface area (Å²) in [6.45, 7) is 11.0. The molecule has 1 saturated carbocycles. The van der Waals surface area contributed by atoms with Gasteiger partial charge in [-0.2, -0.15) is 0 Å². The molecule has 0 aromatic rings. The van der Waals surface area contributed by atoms with Gasteiger partial charge in [0.15, 0.2) is 0 Å². The van der Waals surface area contributed by atoms with Crippen LogP contribution < -0.4 is 5.32 Å². The molecule has 1 saturated heterocycles. The quantitative estimate of drug-likeness (QED) is 0.638. The third-order valence-electron chi connectivity index (χ3n) is 5.18. The zero-order valence-corrected chi connectivity index (χ0v) is 13.7. The molecule has 0 aromatic heterocycles. The molecule has 2 aliphatic rings. The summed E-state index contributed by atoms with van der Waals surface area (Å²) in [5.74, 6) is 1.75. The Morgan fingerprint density at radius 1 is 1.25 bits per heavy atom. The molecule has 1 aliphatic heterocycles. The van der Waals surface area contributed by atoms with Crippen molar-refractivity contribution in [2.75, 3.05) is 26.2 Å². The van der Waals surface area contributed by atoms with Crippen LogP contribution in [0.3, 0.4) is 0 Å². The van der Waals surface area contributed by atoms with E-state index in [1.807, 2.05) is 0 Å². The molecule has 1 heterocycles. The van der Waals surface area contributed by atoms with Crippen molar-refractivity contribution in [2.45, 2.75) is 70.9 Å².